The number of fused-ring (bicyclic) bond motifs is 2. The van der Waals surface area contributed by atoms with Crippen LogP contribution in [0.1, 0.15) is 64.7 Å². The lowest BCUT2D eigenvalue weighted by Gasteiger charge is -2.28. The Balaban J connectivity index is 1.61. The summed E-state index contributed by atoms with van der Waals surface area (Å²) in [7, 11) is 0. The van der Waals surface area contributed by atoms with E-state index in [0.717, 1.165) is 51.4 Å². The van der Waals surface area contributed by atoms with Crippen molar-refractivity contribution in [3.8, 4) is 0 Å². The summed E-state index contributed by atoms with van der Waals surface area (Å²) < 4.78 is 11.0. The van der Waals surface area contributed by atoms with Gasteiger partial charge in [-0.3, -0.25) is 9.59 Å². The van der Waals surface area contributed by atoms with Crippen molar-refractivity contribution in [2.45, 2.75) is 76.9 Å². The average molecular weight is 425 g/mol. The number of carboxylic acid groups (broad SMARTS) is 1. The van der Waals surface area contributed by atoms with Gasteiger partial charge in [-0.15, -0.1) is 0 Å². The van der Waals surface area contributed by atoms with Gasteiger partial charge >= 0.3 is 12.1 Å². The summed E-state index contributed by atoms with van der Waals surface area (Å²) >= 11 is 0. The Labute approximate surface area is 178 Å². The molecule has 2 fully saturated rings. The van der Waals surface area contributed by atoms with Crippen LogP contribution in [-0.4, -0.2) is 55.0 Å². The Kier molecular flexibility index (Phi) is 10.7. The van der Waals surface area contributed by atoms with Gasteiger partial charge in [0.05, 0.1) is 12.2 Å². The first kappa shape index (κ1) is 24.2. The number of carbonyl (C=O) groups excluding carboxylic acids is 2. The normalized spacial score (nSPS) is 24.8. The predicted octanol–water partition coefficient (Wildman–Crippen LogP) is 3.01. The van der Waals surface area contributed by atoms with Gasteiger partial charge < -0.3 is 25.2 Å². The van der Waals surface area contributed by atoms with Gasteiger partial charge in [-0.25, -0.2) is 4.79 Å². The van der Waals surface area contributed by atoms with Crippen LogP contribution in [0, 0.1) is 11.8 Å². The molecule has 2 saturated heterocycles. The molecule has 0 spiro atoms. The van der Waals surface area contributed by atoms with Crippen LogP contribution >= 0.6 is 0 Å². The number of unbranched alkanes of at least 4 members (excludes halogenated alkanes) is 3. The van der Waals surface area contributed by atoms with E-state index in [1.807, 2.05) is 13.0 Å². The van der Waals surface area contributed by atoms with E-state index in [9.17, 15) is 14.4 Å². The summed E-state index contributed by atoms with van der Waals surface area (Å²) in [4.78, 5) is 33.9. The van der Waals surface area contributed by atoms with Crippen LogP contribution in [0.25, 0.3) is 0 Å². The van der Waals surface area contributed by atoms with Gasteiger partial charge in [0.15, 0.2) is 6.61 Å². The third-order valence-corrected chi connectivity index (χ3v) is 6.00. The fourth-order valence-electron chi connectivity index (χ4n) is 4.55. The number of ether oxygens (including phenoxy) is 2. The van der Waals surface area contributed by atoms with Crippen molar-refractivity contribution in [1.29, 1.82) is 0 Å². The standard InChI is InChI=1S/C22H36N2O6/c1-2-3-13-24-22(28)29-15-20(25)23-14-12-17-16(18-10-11-19(17)30-18)8-6-4-5-7-9-21(26)27/h2-3,16-19H,4-15H2,1H3,(H,23,25)(H,24,28)(H,26,27)/t16-,17+,18-,19+/m1/s1. The topological polar surface area (TPSA) is 114 Å². The number of aliphatic carboxylic acids is 1. The minimum absolute atomic E-state index is 0.251. The smallest absolute Gasteiger partial charge is 0.407 e. The van der Waals surface area contributed by atoms with Gasteiger partial charge in [0, 0.05) is 19.5 Å². The lowest BCUT2D eigenvalue weighted by atomic mass is 9.75. The van der Waals surface area contributed by atoms with Gasteiger partial charge in [-0.2, -0.15) is 0 Å². The van der Waals surface area contributed by atoms with Crippen molar-refractivity contribution in [2.75, 3.05) is 19.7 Å². The number of alkyl carbamates (subject to hydrolysis) is 1. The van der Waals surface area contributed by atoms with Gasteiger partial charge in [0.1, 0.15) is 0 Å². The molecule has 2 aliphatic rings. The molecule has 8 heteroatoms. The van der Waals surface area contributed by atoms with Gasteiger partial charge in [0.25, 0.3) is 5.91 Å². The maximum Gasteiger partial charge on any atom is 0.407 e. The second-order valence-corrected chi connectivity index (χ2v) is 8.13. The highest BCUT2D eigenvalue weighted by Crippen LogP contribution is 2.46. The summed E-state index contributed by atoms with van der Waals surface area (Å²) in [5.74, 6) is -0.0459. The molecular formula is C22H36N2O6. The van der Waals surface area contributed by atoms with Crippen molar-refractivity contribution in [3.05, 3.63) is 12.2 Å². The van der Waals surface area contributed by atoms with Gasteiger partial charge in [-0.05, 0) is 50.9 Å². The quantitative estimate of drug-likeness (QED) is 0.292. The summed E-state index contributed by atoms with van der Waals surface area (Å²) in [6, 6.07) is 0. The Morgan fingerprint density at radius 2 is 1.73 bits per heavy atom. The first-order valence-electron chi connectivity index (χ1n) is 11.2. The third-order valence-electron chi connectivity index (χ3n) is 6.00. The van der Waals surface area contributed by atoms with Crippen LogP contribution in [0.2, 0.25) is 0 Å². The molecule has 30 heavy (non-hydrogen) atoms. The van der Waals surface area contributed by atoms with Crippen LogP contribution in [0.4, 0.5) is 4.79 Å². The summed E-state index contributed by atoms with van der Waals surface area (Å²) in [6.07, 6.45) is 11.9. The monoisotopic (exact) mass is 424 g/mol. The molecule has 4 atom stereocenters. The molecule has 2 amide bonds. The molecule has 0 radical (unpaired) electrons. The summed E-state index contributed by atoms with van der Waals surface area (Å²) in [5, 5.41) is 14.1. The molecule has 0 aromatic rings. The number of carboxylic acids is 1. The van der Waals surface area contributed by atoms with Crippen molar-refractivity contribution < 1.29 is 29.0 Å². The largest absolute Gasteiger partial charge is 0.481 e. The molecule has 170 valence electrons. The number of allylic oxidation sites excluding steroid dienone is 1. The van der Waals surface area contributed by atoms with E-state index in [1.54, 1.807) is 6.08 Å². The number of hydrogen-bond acceptors (Lipinski definition) is 5. The van der Waals surface area contributed by atoms with Crippen LogP contribution in [0.5, 0.6) is 0 Å². The lowest BCUT2D eigenvalue weighted by molar-refractivity contribution is -0.137. The Morgan fingerprint density at radius 3 is 2.43 bits per heavy atom. The van der Waals surface area contributed by atoms with Crippen LogP contribution in [0.3, 0.4) is 0 Å². The van der Waals surface area contributed by atoms with Crippen molar-refractivity contribution >= 4 is 18.0 Å². The van der Waals surface area contributed by atoms with Crippen molar-refractivity contribution in [1.82, 2.24) is 10.6 Å². The maximum absolute atomic E-state index is 11.9. The van der Waals surface area contributed by atoms with Gasteiger partial charge in [-0.1, -0.05) is 31.4 Å². The minimum atomic E-state index is -0.724. The van der Waals surface area contributed by atoms with Crippen LogP contribution in [-0.2, 0) is 19.1 Å². The molecule has 2 heterocycles. The first-order valence-corrected chi connectivity index (χ1v) is 11.2. The number of amides is 2. The van der Waals surface area contributed by atoms with E-state index in [2.05, 4.69) is 10.6 Å². The Morgan fingerprint density at radius 1 is 1.03 bits per heavy atom. The summed E-state index contributed by atoms with van der Waals surface area (Å²) in [5.41, 5.74) is 0. The molecule has 2 bridgehead atoms. The molecule has 2 aliphatic heterocycles. The number of carbonyl (C=O) groups is 3. The first-order chi connectivity index (χ1) is 14.5. The van der Waals surface area contributed by atoms with Gasteiger partial charge in [0.2, 0.25) is 0 Å². The van der Waals surface area contributed by atoms with Crippen LogP contribution in [0.15, 0.2) is 12.2 Å². The number of hydrogen-bond donors (Lipinski definition) is 3. The SMILES string of the molecule is CC=CCNC(=O)OCC(=O)NCC[C@H]1[C@@H](CCCCCCC(=O)O)[C@H]2CC[C@@H]1O2. The molecule has 0 aromatic heterocycles. The van der Waals surface area contributed by atoms with E-state index < -0.39 is 12.1 Å². The highest BCUT2D eigenvalue weighted by molar-refractivity contribution is 5.80. The second kappa shape index (κ2) is 13.3. The van der Waals surface area contributed by atoms with Crippen molar-refractivity contribution in [2.24, 2.45) is 11.8 Å². The average Bonchev–Trinajstić information content (AvgIpc) is 3.31. The zero-order chi connectivity index (χ0) is 21.8. The zero-order valence-electron chi connectivity index (χ0n) is 17.9. The molecule has 0 saturated carbocycles. The fraction of sp³-hybridized carbons (Fsp3) is 0.773. The molecule has 3 N–H and O–H groups in total. The number of nitrogens with one attached hydrogen (secondary N) is 2. The molecular weight excluding hydrogens is 388 g/mol. The Hall–Kier alpha value is -2.09. The van der Waals surface area contributed by atoms with E-state index in [0.29, 0.717) is 31.0 Å². The molecule has 2 rings (SSSR count). The van der Waals surface area contributed by atoms with Crippen molar-refractivity contribution in [3.63, 3.8) is 0 Å². The Bertz CT molecular complexity index is 594. The fourth-order valence-corrected chi connectivity index (χ4v) is 4.55. The van der Waals surface area contributed by atoms with Crippen LogP contribution < -0.4 is 10.6 Å². The van der Waals surface area contributed by atoms with E-state index in [4.69, 9.17) is 14.6 Å². The zero-order valence-corrected chi connectivity index (χ0v) is 17.9. The maximum atomic E-state index is 11.9. The van der Waals surface area contributed by atoms with E-state index in [1.165, 1.54) is 0 Å². The third kappa shape index (κ3) is 8.34. The molecule has 8 nitrogen and oxygen atoms in total. The summed E-state index contributed by atoms with van der Waals surface area (Å²) in [6.45, 7) is 2.50. The highest BCUT2D eigenvalue weighted by atomic mass is 16.6. The second-order valence-electron chi connectivity index (χ2n) is 8.13. The van der Waals surface area contributed by atoms with E-state index >= 15 is 0 Å². The highest BCUT2D eigenvalue weighted by Gasteiger charge is 2.47. The molecule has 0 aliphatic carbocycles. The molecule has 0 unspecified atom stereocenters. The lowest BCUT2D eigenvalue weighted by Crippen LogP contribution is -2.35. The minimum Gasteiger partial charge on any atom is -0.481 e. The van der Waals surface area contributed by atoms with E-state index in [-0.39, 0.29) is 25.0 Å². The number of rotatable bonds is 14. The predicted molar refractivity (Wildman–Crippen MR) is 112 cm³/mol. The molecule has 0 aromatic carbocycles.